The molecule has 0 fully saturated rings. The summed E-state index contributed by atoms with van der Waals surface area (Å²) in [6.07, 6.45) is -1.02. The lowest BCUT2D eigenvalue weighted by atomic mass is 10.2. The van der Waals surface area contributed by atoms with Gasteiger partial charge in [0.2, 0.25) is 0 Å². The number of nitrogens with zero attached hydrogens (tertiary/aromatic N) is 1. The maximum absolute atomic E-state index is 12.6. The zero-order chi connectivity index (χ0) is 23.4. The fourth-order valence-corrected chi connectivity index (χ4v) is 3.22. The van der Waals surface area contributed by atoms with E-state index in [1.807, 2.05) is 13.8 Å². The zero-order valence-corrected chi connectivity index (χ0v) is 18.5. The fraction of sp³-hybridized carbons (Fsp3) is 0.292. The Hall–Kier alpha value is -4.01. The summed E-state index contributed by atoms with van der Waals surface area (Å²) in [6, 6.07) is 11.6. The molecule has 3 aromatic rings. The van der Waals surface area contributed by atoms with Gasteiger partial charge in [0, 0.05) is 11.8 Å². The number of benzene rings is 2. The van der Waals surface area contributed by atoms with Gasteiger partial charge in [-0.05, 0) is 51.1 Å². The van der Waals surface area contributed by atoms with Gasteiger partial charge in [0.15, 0.2) is 17.6 Å². The van der Waals surface area contributed by atoms with Crippen molar-refractivity contribution in [3.05, 3.63) is 65.0 Å². The van der Waals surface area contributed by atoms with Gasteiger partial charge >= 0.3 is 5.97 Å². The second-order valence-corrected chi connectivity index (χ2v) is 7.51. The van der Waals surface area contributed by atoms with Crippen LogP contribution in [0.4, 0.5) is 5.69 Å². The van der Waals surface area contributed by atoms with Crippen molar-refractivity contribution >= 4 is 17.6 Å². The number of ether oxygens (including phenoxy) is 4. The van der Waals surface area contributed by atoms with Crippen molar-refractivity contribution in [3.63, 3.8) is 0 Å². The summed E-state index contributed by atoms with van der Waals surface area (Å²) in [4.78, 5) is 25.1. The van der Waals surface area contributed by atoms with Crippen molar-refractivity contribution < 1.29 is 33.1 Å². The first-order valence-corrected chi connectivity index (χ1v) is 10.5. The summed E-state index contributed by atoms with van der Waals surface area (Å²) in [5.74, 6) is 1.24. The summed E-state index contributed by atoms with van der Waals surface area (Å²) >= 11 is 0. The molecule has 2 heterocycles. The molecule has 1 aromatic heterocycles. The highest BCUT2D eigenvalue weighted by Crippen LogP contribution is 2.32. The predicted molar refractivity (Wildman–Crippen MR) is 118 cm³/mol. The van der Waals surface area contributed by atoms with E-state index in [0.29, 0.717) is 41.9 Å². The van der Waals surface area contributed by atoms with Crippen LogP contribution in [0.25, 0.3) is 0 Å². The van der Waals surface area contributed by atoms with Gasteiger partial charge in [-0.2, -0.15) is 0 Å². The summed E-state index contributed by atoms with van der Waals surface area (Å²) in [6.45, 7) is 6.33. The first kappa shape index (κ1) is 22.2. The lowest BCUT2D eigenvalue weighted by Crippen LogP contribution is -2.30. The number of aromatic nitrogens is 1. The third kappa shape index (κ3) is 5.25. The Morgan fingerprint density at radius 3 is 2.64 bits per heavy atom. The highest BCUT2D eigenvalue weighted by Gasteiger charge is 2.21. The normalized spacial score (nSPS) is 13.2. The van der Waals surface area contributed by atoms with Gasteiger partial charge in [0.25, 0.3) is 5.91 Å². The number of hydrogen-bond donors (Lipinski definition) is 1. The highest BCUT2D eigenvalue weighted by atomic mass is 16.6. The smallest absolute Gasteiger partial charge is 0.339 e. The molecule has 9 heteroatoms. The quantitative estimate of drug-likeness (QED) is 0.539. The molecule has 0 bridgehead atoms. The maximum atomic E-state index is 12.6. The Morgan fingerprint density at radius 2 is 1.88 bits per heavy atom. The van der Waals surface area contributed by atoms with Crippen molar-refractivity contribution in [3.8, 4) is 17.2 Å². The number of amides is 1. The molecule has 1 aliphatic heterocycles. The number of rotatable bonds is 7. The maximum Gasteiger partial charge on any atom is 0.339 e. The number of esters is 1. The minimum absolute atomic E-state index is 0.258. The zero-order valence-electron chi connectivity index (χ0n) is 18.5. The molecule has 4 rings (SSSR count). The average Bonchev–Trinajstić information content (AvgIpc) is 3.14. The standard InChI is InChI=1S/C24H24N2O7/c1-14-20(15(2)33-26-14)13-31-19-6-4-5-17(11-19)24(28)32-16(3)23(27)25-18-7-8-21-22(12-18)30-10-9-29-21/h4-8,11-12,16H,9-10,13H2,1-3H3,(H,25,27)/t16-/m0/s1. The highest BCUT2D eigenvalue weighted by molar-refractivity contribution is 5.97. The van der Waals surface area contributed by atoms with E-state index in [2.05, 4.69) is 10.5 Å². The monoisotopic (exact) mass is 452 g/mol. The largest absolute Gasteiger partial charge is 0.489 e. The molecule has 0 radical (unpaired) electrons. The molecular weight excluding hydrogens is 428 g/mol. The van der Waals surface area contributed by atoms with Gasteiger partial charge in [-0.25, -0.2) is 4.79 Å². The molecular formula is C24H24N2O7. The molecule has 1 N–H and O–H groups in total. The molecule has 172 valence electrons. The number of anilines is 1. The lowest BCUT2D eigenvalue weighted by Gasteiger charge is -2.19. The number of carbonyl (C=O) groups excluding carboxylic acids is 2. The third-order valence-corrected chi connectivity index (χ3v) is 5.10. The van der Waals surface area contributed by atoms with E-state index >= 15 is 0 Å². The van der Waals surface area contributed by atoms with Gasteiger partial charge in [-0.3, -0.25) is 4.79 Å². The molecule has 9 nitrogen and oxygen atoms in total. The van der Waals surface area contributed by atoms with Gasteiger partial charge in [-0.15, -0.1) is 0 Å². The van der Waals surface area contributed by atoms with E-state index in [1.54, 1.807) is 42.5 Å². The van der Waals surface area contributed by atoms with Crippen LogP contribution in [0.3, 0.4) is 0 Å². The van der Waals surface area contributed by atoms with Crippen LogP contribution in [0, 0.1) is 13.8 Å². The first-order chi connectivity index (χ1) is 15.9. The molecule has 0 unspecified atom stereocenters. The van der Waals surface area contributed by atoms with Crippen LogP contribution >= 0.6 is 0 Å². The Kier molecular flexibility index (Phi) is 6.48. The minimum atomic E-state index is -1.02. The molecule has 0 spiro atoms. The van der Waals surface area contributed by atoms with Crippen LogP contribution < -0.4 is 19.5 Å². The molecule has 2 aromatic carbocycles. The van der Waals surface area contributed by atoms with Crippen LogP contribution in [-0.4, -0.2) is 36.4 Å². The summed E-state index contributed by atoms with van der Waals surface area (Å²) < 4.78 is 27.2. The van der Waals surface area contributed by atoms with Crippen LogP contribution in [0.2, 0.25) is 0 Å². The predicted octanol–water partition coefficient (Wildman–Crippen LogP) is 3.83. The van der Waals surface area contributed by atoms with Crippen LogP contribution in [0.15, 0.2) is 47.0 Å². The minimum Gasteiger partial charge on any atom is -0.489 e. The van der Waals surface area contributed by atoms with Crippen molar-refractivity contribution in [2.75, 3.05) is 18.5 Å². The number of nitrogens with one attached hydrogen (secondary N) is 1. The van der Waals surface area contributed by atoms with E-state index < -0.39 is 18.0 Å². The fourth-order valence-electron chi connectivity index (χ4n) is 3.22. The van der Waals surface area contributed by atoms with Crippen molar-refractivity contribution in [2.24, 2.45) is 0 Å². The lowest BCUT2D eigenvalue weighted by molar-refractivity contribution is -0.123. The topological polar surface area (TPSA) is 109 Å². The molecule has 0 saturated heterocycles. The number of carbonyl (C=O) groups is 2. The Balaban J connectivity index is 1.34. The molecule has 1 aliphatic rings. The van der Waals surface area contributed by atoms with E-state index in [1.165, 1.54) is 6.92 Å². The van der Waals surface area contributed by atoms with Crippen LogP contribution in [0.1, 0.15) is 34.3 Å². The summed E-state index contributed by atoms with van der Waals surface area (Å²) in [5.41, 5.74) is 2.39. The molecule has 1 atom stereocenters. The van der Waals surface area contributed by atoms with E-state index in [4.69, 9.17) is 23.5 Å². The van der Waals surface area contributed by atoms with Crippen LogP contribution in [-0.2, 0) is 16.1 Å². The summed E-state index contributed by atoms with van der Waals surface area (Å²) in [7, 11) is 0. The van der Waals surface area contributed by atoms with Gasteiger partial charge < -0.3 is 28.8 Å². The molecule has 33 heavy (non-hydrogen) atoms. The summed E-state index contributed by atoms with van der Waals surface area (Å²) in [5, 5.41) is 6.61. The van der Waals surface area contributed by atoms with Crippen LogP contribution in [0.5, 0.6) is 17.2 Å². The van der Waals surface area contributed by atoms with E-state index in [-0.39, 0.29) is 12.2 Å². The second-order valence-electron chi connectivity index (χ2n) is 7.51. The number of fused-ring (bicyclic) bond motifs is 1. The van der Waals surface area contributed by atoms with Crippen molar-refractivity contribution in [2.45, 2.75) is 33.5 Å². The second kappa shape index (κ2) is 9.64. The van der Waals surface area contributed by atoms with Gasteiger partial charge in [-0.1, -0.05) is 11.2 Å². The third-order valence-electron chi connectivity index (χ3n) is 5.10. The van der Waals surface area contributed by atoms with Gasteiger partial charge in [0.1, 0.15) is 31.3 Å². The van der Waals surface area contributed by atoms with Gasteiger partial charge in [0.05, 0.1) is 16.8 Å². The molecule has 0 saturated carbocycles. The molecule has 1 amide bonds. The van der Waals surface area contributed by atoms with Crippen molar-refractivity contribution in [1.29, 1.82) is 0 Å². The number of hydrogen-bond acceptors (Lipinski definition) is 8. The Bertz CT molecular complexity index is 1150. The Morgan fingerprint density at radius 1 is 1.09 bits per heavy atom. The number of aryl methyl sites for hydroxylation is 2. The van der Waals surface area contributed by atoms with E-state index in [9.17, 15) is 9.59 Å². The van der Waals surface area contributed by atoms with E-state index in [0.717, 1.165) is 11.3 Å². The Labute approximate surface area is 190 Å². The average molecular weight is 452 g/mol. The SMILES string of the molecule is Cc1noc(C)c1COc1cccc(C(=O)O[C@@H](C)C(=O)Nc2ccc3c(c2)OCCO3)c1. The first-order valence-electron chi connectivity index (χ1n) is 10.5. The molecule has 0 aliphatic carbocycles. The van der Waals surface area contributed by atoms with Crippen molar-refractivity contribution in [1.82, 2.24) is 5.16 Å².